The van der Waals surface area contributed by atoms with Crippen molar-refractivity contribution in [2.24, 2.45) is 11.7 Å². The number of hydrogen-bond donors (Lipinski definition) is 2. The fourth-order valence-electron chi connectivity index (χ4n) is 3.40. The SMILES string of the molecule is CC(NS(=O)(=O)c1cccs1)C(=O)N1C[C@@H](CN)[C@H](c2ccccc2)C1.Cl. The summed E-state index contributed by atoms with van der Waals surface area (Å²) in [5.41, 5.74) is 7.08. The summed E-state index contributed by atoms with van der Waals surface area (Å²) in [5, 5.41) is 1.69. The van der Waals surface area contributed by atoms with Gasteiger partial charge in [0.1, 0.15) is 4.21 Å². The third kappa shape index (κ3) is 4.89. The van der Waals surface area contributed by atoms with Gasteiger partial charge in [0.05, 0.1) is 6.04 Å². The van der Waals surface area contributed by atoms with Crippen LogP contribution in [0.2, 0.25) is 0 Å². The van der Waals surface area contributed by atoms with Gasteiger partial charge in [-0.15, -0.1) is 23.7 Å². The largest absolute Gasteiger partial charge is 0.340 e. The van der Waals surface area contributed by atoms with Crippen LogP contribution in [0.15, 0.2) is 52.1 Å². The van der Waals surface area contributed by atoms with E-state index < -0.39 is 16.1 Å². The Balaban J connectivity index is 0.00000261. The minimum atomic E-state index is -3.68. The molecule has 0 aliphatic carbocycles. The molecule has 1 amide bonds. The zero-order valence-corrected chi connectivity index (χ0v) is 17.4. The number of likely N-dealkylation sites (tertiary alicyclic amines) is 1. The van der Waals surface area contributed by atoms with Crippen molar-refractivity contribution in [2.75, 3.05) is 19.6 Å². The van der Waals surface area contributed by atoms with Crippen LogP contribution in [0.3, 0.4) is 0 Å². The van der Waals surface area contributed by atoms with Crippen LogP contribution in [0.5, 0.6) is 0 Å². The number of nitrogens with one attached hydrogen (secondary N) is 1. The molecule has 6 nitrogen and oxygen atoms in total. The van der Waals surface area contributed by atoms with E-state index in [0.29, 0.717) is 19.6 Å². The van der Waals surface area contributed by atoms with Crippen LogP contribution in [0, 0.1) is 5.92 Å². The Bertz CT molecular complexity index is 844. The van der Waals surface area contributed by atoms with Crippen LogP contribution < -0.4 is 10.5 Å². The molecular formula is C18H24ClN3O3S2. The first-order valence-corrected chi connectivity index (χ1v) is 10.9. The Labute approximate surface area is 170 Å². The molecule has 3 rings (SSSR count). The first-order valence-electron chi connectivity index (χ1n) is 8.52. The minimum Gasteiger partial charge on any atom is -0.340 e. The lowest BCUT2D eigenvalue weighted by atomic mass is 9.89. The molecule has 2 aromatic rings. The third-order valence-electron chi connectivity index (χ3n) is 4.75. The topological polar surface area (TPSA) is 92.5 Å². The van der Waals surface area contributed by atoms with Gasteiger partial charge in [-0.05, 0) is 36.4 Å². The second-order valence-electron chi connectivity index (χ2n) is 6.53. The zero-order chi connectivity index (χ0) is 18.7. The Morgan fingerprint density at radius 3 is 2.56 bits per heavy atom. The lowest BCUT2D eigenvalue weighted by molar-refractivity contribution is -0.131. The number of thiophene rings is 1. The smallest absolute Gasteiger partial charge is 0.250 e. The van der Waals surface area contributed by atoms with E-state index in [1.165, 1.54) is 6.07 Å². The maximum absolute atomic E-state index is 12.8. The maximum Gasteiger partial charge on any atom is 0.250 e. The number of carbonyl (C=O) groups is 1. The number of rotatable bonds is 6. The number of nitrogens with zero attached hydrogens (tertiary/aromatic N) is 1. The van der Waals surface area contributed by atoms with Crippen molar-refractivity contribution in [2.45, 2.75) is 23.1 Å². The number of sulfonamides is 1. The van der Waals surface area contributed by atoms with Crippen LogP contribution in [-0.2, 0) is 14.8 Å². The molecule has 0 bridgehead atoms. The van der Waals surface area contributed by atoms with Crippen molar-refractivity contribution in [3.05, 3.63) is 53.4 Å². The molecule has 1 aromatic heterocycles. The van der Waals surface area contributed by atoms with Gasteiger partial charge in [-0.1, -0.05) is 36.4 Å². The van der Waals surface area contributed by atoms with Crippen molar-refractivity contribution >= 4 is 39.7 Å². The van der Waals surface area contributed by atoms with Crippen LogP contribution in [-0.4, -0.2) is 44.9 Å². The summed E-state index contributed by atoms with van der Waals surface area (Å²) in [7, 11) is -3.68. The molecular weight excluding hydrogens is 406 g/mol. The van der Waals surface area contributed by atoms with E-state index in [0.717, 1.165) is 16.9 Å². The van der Waals surface area contributed by atoms with Gasteiger partial charge in [0.25, 0.3) is 10.0 Å². The van der Waals surface area contributed by atoms with Crippen molar-refractivity contribution in [3.63, 3.8) is 0 Å². The van der Waals surface area contributed by atoms with Crippen molar-refractivity contribution < 1.29 is 13.2 Å². The van der Waals surface area contributed by atoms with Gasteiger partial charge in [-0.3, -0.25) is 4.79 Å². The average molecular weight is 430 g/mol. The van der Waals surface area contributed by atoms with Crippen molar-refractivity contribution in [1.29, 1.82) is 0 Å². The van der Waals surface area contributed by atoms with E-state index in [9.17, 15) is 13.2 Å². The van der Waals surface area contributed by atoms with Crippen LogP contribution >= 0.6 is 23.7 Å². The normalized spacial score (nSPS) is 20.9. The minimum absolute atomic E-state index is 0. The van der Waals surface area contributed by atoms with E-state index in [4.69, 9.17) is 5.73 Å². The molecule has 0 spiro atoms. The van der Waals surface area contributed by atoms with Gasteiger partial charge in [0.15, 0.2) is 0 Å². The lowest BCUT2D eigenvalue weighted by Gasteiger charge is -2.21. The molecule has 1 aliphatic rings. The standard InChI is InChI=1S/C18H23N3O3S2.ClH/c1-13(20-26(23,24)17-8-5-9-25-17)18(22)21-11-15(10-19)16(12-21)14-6-3-2-4-7-14;/h2-9,13,15-16,20H,10-12,19H2,1H3;1H/t13?,15-,16+;/m1./s1. The fourth-order valence-corrected chi connectivity index (χ4v) is 5.61. The third-order valence-corrected chi connectivity index (χ3v) is 7.68. The molecule has 148 valence electrons. The van der Waals surface area contributed by atoms with E-state index in [1.54, 1.807) is 23.3 Å². The predicted molar refractivity (Wildman–Crippen MR) is 110 cm³/mol. The Morgan fingerprint density at radius 1 is 1.26 bits per heavy atom. The second kappa shape index (κ2) is 9.16. The highest BCUT2D eigenvalue weighted by Crippen LogP contribution is 2.32. The van der Waals surface area contributed by atoms with Crippen molar-refractivity contribution in [1.82, 2.24) is 9.62 Å². The van der Waals surface area contributed by atoms with Gasteiger partial charge in [0, 0.05) is 19.0 Å². The van der Waals surface area contributed by atoms with E-state index in [-0.39, 0.29) is 34.4 Å². The molecule has 3 atom stereocenters. The van der Waals surface area contributed by atoms with Gasteiger partial charge in [0.2, 0.25) is 5.91 Å². The summed E-state index contributed by atoms with van der Waals surface area (Å²) < 4.78 is 27.4. The molecule has 2 heterocycles. The van der Waals surface area contributed by atoms with Crippen LogP contribution in [0.1, 0.15) is 18.4 Å². The number of hydrogen-bond acceptors (Lipinski definition) is 5. The number of amides is 1. The van der Waals surface area contributed by atoms with Crippen molar-refractivity contribution in [3.8, 4) is 0 Å². The molecule has 1 fully saturated rings. The quantitative estimate of drug-likeness (QED) is 0.734. The molecule has 1 unspecified atom stereocenters. The van der Waals surface area contributed by atoms with Crippen LogP contribution in [0.25, 0.3) is 0 Å². The van der Waals surface area contributed by atoms with E-state index >= 15 is 0 Å². The lowest BCUT2D eigenvalue weighted by Crippen LogP contribution is -2.46. The molecule has 0 saturated carbocycles. The highest BCUT2D eigenvalue weighted by molar-refractivity contribution is 7.91. The molecule has 3 N–H and O–H groups in total. The predicted octanol–water partition coefficient (Wildman–Crippen LogP) is 2.04. The summed E-state index contributed by atoms with van der Waals surface area (Å²) in [6.45, 7) is 3.16. The van der Waals surface area contributed by atoms with Gasteiger partial charge in [-0.2, -0.15) is 4.72 Å². The highest BCUT2D eigenvalue weighted by Gasteiger charge is 2.37. The first kappa shape index (κ1) is 21.8. The molecule has 27 heavy (non-hydrogen) atoms. The van der Waals surface area contributed by atoms with Gasteiger partial charge < -0.3 is 10.6 Å². The monoisotopic (exact) mass is 429 g/mol. The maximum atomic E-state index is 12.8. The number of halogens is 1. The summed E-state index contributed by atoms with van der Waals surface area (Å²) in [6, 6.07) is 12.4. The van der Waals surface area contributed by atoms with Crippen LogP contribution in [0.4, 0.5) is 0 Å². The van der Waals surface area contributed by atoms with E-state index in [2.05, 4.69) is 4.72 Å². The number of benzene rings is 1. The number of carbonyl (C=O) groups excluding carboxylic acids is 1. The summed E-state index contributed by atoms with van der Waals surface area (Å²) in [5.74, 6) is 0.121. The second-order valence-corrected chi connectivity index (χ2v) is 9.42. The average Bonchev–Trinajstić information content (AvgIpc) is 3.31. The zero-order valence-electron chi connectivity index (χ0n) is 14.9. The molecule has 1 saturated heterocycles. The summed E-state index contributed by atoms with van der Waals surface area (Å²) in [4.78, 5) is 14.5. The van der Waals surface area contributed by atoms with Gasteiger partial charge >= 0.3 is 0 Å². The van der Waals surface area contributed by atoms with Gasteiger partial charge in [-0.25, -0.2) is 8.42 Å². The summed E-state index contributed by atoms with van der Waals surface area (Å²) in [6.07, 6.45) is 0. The Hall–Kier alpha value is -1.45. The summed E-state index contributed by atoms with van der Waals surface area (Å²) >= 11 is 1.13. The van der Waals surface area contributed by atoms with E-state index in [1.807, 2.05) is 30.3 Å². The molecule has 1 aliphatic heterocycles. The fraction of sp³-hybridized carbons (Fsp3) is 0.389. The molecule has 0 radical (unpaired) electrons. The molecule has 1 aromatic carbocycles. The number of nitrogens with two attached hydrogens (primary N) is 1. The Kier molecular flexibility index (Phi) is 7.41. The highest BCUT2D eigenvalue weighted by atomic mass is 35.5. The Morgan fingerprint density at radius 2 is 1.96 bits per heavy atom. The first-order chi connectivity index (χ1) is 12.4. The molecule has 9 heteroatoms.